The van der Waals surface area contributed by atoms with E-state index >= 15 is 0 Å². The van der Waals surface area contributed by atoms with Crippen molar-refractivity contribution in [2.24, 2.45) is 0 Å². The maximum atomic E-state index is 13.5. The molecule has 0 unspecified atom stereocenters. The van der Waals surface area contributed by atoms with Crippen molar-refractivity contribution in [3.63, 3.8) is 0 Å². The Balaban J connectivity index is 2.74. The van der Waals surface area contributed by atoms with E-state index in [2.05, 4.69) is 15.9 Å². The van der Waals surface area contributed by atoms with Crippen molar-refractivity contribution < 1.29 is 9.13 Å². The zero-order valence-electron chi connectivity index (χ0n) is 8.67. The van der Waals surface area contributed by atoms with Gasteiger partial charge in [0.1, 0.15) is 11.6 Å². The first-order chi connectivity index (χ1) is 7.27. The molecule has 0 atom stereocenters. The van der Waals surface area contributed by atoms with Crippen LogP contribution in [0.2, 0.25) is 0 Å². The first-order valence-corrected chi connectivity index (χ1v) is 6.05. The molecule has 0 spiro atoms. The van der Waals surface area contributed by atoms with E-state index < -0.39 is 0 Å². The standard InChI is InChI=1S/C12H14BrFO/c1-2-15-11-7-6-10(12(14)9-11)5-3-4-8-13/h3,5-7,9H,2,4,8H2,1H3. The maximum Gasteiger partial charge on any atom is 0.134 e. The van der Waals surface area contributed by atoms with E-state index in [0.717, 1.165) is 11.8 Å². The lowest BCUT2D eigenvalue weighted by molar-refractivity contribution is 0.338. The van der Waals surface area contributed by atoms with Gasteiger partial charge in [0.05, 0.1) is 6.61 Å². The van der Waals surface area contributed by atoms with E-state index in [1.165, 1.54) is 6.07 Å². The SMILES string of the molecule is CCOc1ccc(C=CCCBr)c(F)c1. The normalized spacial score (nSPS) is 10.9. The molecule has 0 aliphatic rings. The van der Waals surface area contributed by atoms with Gasteiger partial charge < -0.3 is 4.74 Å². The topological polar surface area (TPSA) is 9.23 Å². The van der Waals surface area contributed by atoms with Crippen LogP contribution in [-0.2, 0) is 0 Å². The van der Waals surface area contributed by atoms with Gasteiger partial charge in [-0.2, -0.15) is 0 Å². The van der Waals surface area contributed by atoms with Crippen LogP contribution in [0.25, 0.3) is 6.08 Å². The van der Waals surface area contributed by atoms with Crippen molar-refractivity contribution in [3.8, 4) is 5.75 Å². The fraction of sp³-hybridized carbons (Fsp3) is 0.333. The number of hydrogen-bond donors (Lipinski definition) is 0. The molecule has 0 amide bonds. The molecule has 1 nitrogen and oxygen atoms in total. The molecule has 1 rings (SSSR count). The van der Waals surface area contributed by atoms with Gasteiger partial charge in [0.15, 0.2) is 0 Å². The number of alkyl halides is 1. The summed E-state index contributed by atoms with van der Waals surface area (Å²) in [5.74, 6) is 0.333. The number of rotatable bonds is 5. The fourth-order valence-corrected chi connectivity index (χ4v) is 1.44. The van der Waals surface area contributed by atoms with Crippen LogP contribution in [0.4, 0.5) is 4.39 Å². The Morgan fingerprint density at radius 2 is 2.27 bits per heavy atom. The lowest BCUT2D eigenvalue weighted by Gasteiger charge is -2.03. The third kappa shape index (κ3) is 4.04. The zero-order chi connectivity index (χ0) is 11.1. The molecule has 0 aliphatic carbocycles. The highest BCUT2D eigenvalue weighted by Crippen LogP contribution is 2.17. The average Bonchev–Trinajstić information content (AvgIpc) is 2.22. The largest absolute Gasteiger partial charge is 0.494 e. The smallest absolute Gasteiger partial charge is 0.134 e. The van der Waals surface area contributed by atoms with Gasteiger partial charge in [-0.15, -0.1) is 0 Å². The van der Waals surface area contributed by atoms with Crippen molar-refractivity contribution in [3.05, 3.63) is 35.7 Å². The van der Waals surface area contributed by atoms with Crippen LogP contribution in [0, 0.1) is 5.82 Å². The van der Waals surface area contributed by atoms with Gasteiger partial charge in [-0.05, 0) is 25.5 Å². The molecule has 0 aliphatic heterocycles. The minimum absolute atomic E-state index is 0.244. The highest BCUT2D eigenvalue weighted by Gasteiger charge is 2.00. The minimum atomic E-state index is -0.244. The van der Waals surface area contributed by atoms with Gasteiger partial charge in [0, 0.05) is 17.0 Å². The second kappa shape index (κ2) is 6.62. The Morgan fingerprint density at radius 1 is 1.47 bits per heavy atom. The van der Waals surface area contributed by atoms with E-state index in [4.69, 9.17) is 4.74 Å². The van der Waals surface area contributed by atoms with Crippen LogP contribution in [0.5, 0.6) is 5.75 Å². The van der Waals surface area contributed by atoms with E-state index in [0.29, 0.717) is 17.9 Å². The molecular weight excluding hydrogens is 259 g/mol. The van der Waals surface area contributed by atoms with Gasteiger partial charge in [0.2, 0.25) is 0 Å². The lowest BCUT2D eigenvalue weighted by Crippen LogP contribution is -1.92. The monoisotopic (exact) mass is 272 g/mol. The third-order valence-corrected chi connectivity index (χ3v) is 2.31. The van der Waals surface area contributed by atoms with Crippen molar-refractivity contribution in [2.45, 2.75) is 13.3 Å². The fourth-order valence-electron chi connectivity index (χ4n) is 1.17. The maximum absolute atomic E-state index is 13.5. The summed E-state index contributed by atoms with van der Waals surface area (Å²) < 4.78 is 18.7. The summed E-state index contributed by atoms with van der Waals surface area (Å²) >= 11 is 3.31. The molecule has 0 saturated carbocycles. The molecule has 0 heterocycles. The van der Waals surface area contributed by atoms with Crippen LogP contribution in [0.3, 0.4) is 0 Å². The lowest BCUT2D eigenvalue weighted by atomic mass is 10.2. The van der Waals surface area contributed by atoms with Gasteiger partial charge in [-0.25, -0.2) is 4.39 Å². The third-order valence-electron chi connectivity index (χ3n) is 1.86. The van der Waals surface area contributed by atoms with Crippen LogP contribution in [0.1, 0.15) is 18.9 Å². The van der Waals surface area contributed by atoms with Gasteiger partial charge in [-0.3, -0.25) is 0 Å². The average molecular weight is 273 g/mol. The van der Waals surface area contributed by atoms with Crippen LogP contribution < -0.4 is 4.74 Å². The molecule has 0 fully saturated rings. The van der Waals surface area contributed by atoms with E-state index in [1.807, 2.05) is 13.0 Å². The van der Waals surface area contributed by atoms with Gasteiger partial charge in [-0.1, -0.05) is 28.1 Å². The number of benzene rings is 1. The Labute approximate surface area is 98.1 Å². The summed E-state index contributed by atoms with van der Waals surface area (Å²) in [7, 11) is 0. The van der Waals surface area contributed by atoms with E-state index in [9.17, 15) is 4.39 Å². The minimum Gasteiger partial charge on any atom is -0.494 e. The second-order valence-electron chi connectivity index (χ2n) is 3.00. The molecule has 82 valence electrons. The summed E-state index contributed by atoms with van der Waals surface area (Å²) in [6.45, 7) is 2.43. The summed E-state index contributed by atoms with van der Waals surface area (Å²) in [4.78, 5) is 0. The molecule has 0 saturated heterocycles. The zero-order valence-corrected chi connectivity index (χ0v) is 10.3. The predicted octanol–water partition coefficient (Wildman–Crippen LogP) is 4.02. The molecule has 15 heavy (non-hydrogen) atoms. The molecule has 1 aromatic rings. The predicted molar refractivity (Wildman–Crippen MR) is 65.0 cm³/mol. The van der Waals surface area contributed by atoms with E-state index in [-0.39, 0.29) is 5.82 Å². The molecule has 0 radical (unpaired) electrons. The summed E-state index contributed by atoms with van der Waals surface area (Å²) in [5, 5.41) is 0.891. The first kappa shape index (κ1) is 12.2. The highest BCUT2D eigenvalue weighted by molar-refractivity contribution is 9.09. The molecule has 0 N–H and O–H groups in total. The molecule has 1 aromatic carbocycles. The van der Waals surface area contributed by atoms with Crippen molar-refractivity contribution >= 4 is 22.0 Å². The van der Waals surface area contributed by atoms with Gasteiger partial charge in [0.25, 0.3) is 0 Å². The van der Waals surface area contributed by atoms with Gasteiger partial charge >= 0.3 is 0 Å². The van der Waals surface area contributed by atoms with E-state index in [1.54, 1.807) is 18.2 Å². The van der Waals surface area contributed by atoms with Crippen molar-refractivity contribution in [1.82, 2.24) is 0 Å². The summed E-state index contributed by atoms with van der Waals surface area (Å²) in [5.41, 5.74) is 0.597. The molecular formula is C12H14BrFO. The molecule has 3 heteroatoms. The Hall–Kier alpha value is -0.830. The van der Waals surface area contributed by atoms with Crippen LogP contribution in [0.15, 0.2) is 24.3 Å². The quantitative estimate of drug-likeness (QED) is 0.736. The van der Waals surface area contributed by atoms with Crippen LogP contribution >= 0.6 is 15.9 Å². The number of allylic oxidation sites excluding steroid dienone is 1. The molecule has 0 aromatic heterocycles. The molecule has 0 bridgehead atoms. The summed E-state index contributed by atoms with van der Waals surface area (Å²) in [6.07, 6.45) is 4.62. The Kier molecular flexibility index (Phi) is 5.40. The van der Waals surface area contributed by atoms with Crippen molar-refractivity contribution in [1.29, 1.82) is 0 Å². The second-order valence-corrected chi connectivity index (χ2v) is 3.79. The Morgan fingerprint density at radius 3 is 2.87 bits per heavy atom. The van der Waals surface area contributed by atoms with Crippen LogP contribution in [-0.4, -0.2) is 11.9 Å². The van der Waals surface area contributed by atoms with Crippen molar-refractivity contribution in [2.75, 3.05) is 11.9 Å². The number of halogens is 2. The summed E-state index contributed by atoms with van der Waals surface area (Å²) in [6, 6.07) is 4.92. The number of ether oxygens (including phenoxy) is 1. The number of hydrogen-bond acceptors (Lipinski definition) is 1. The highest BCUT2D eigenvalue weighted by atomic mass is 79.9. The first-order valence-electron chi connectivity index (χ1n) is 4.92. The Bertz CT molecular complexity index is 336.